The van der Waals surface area contributed by atoms with Crippen LogP contribution in [0.2, 0.25) is 0 Å². The Morgan fingerprint density at radius 3 is 2.58 bits per heavy atom. The van der Waals surface area contributed by atoms with Crippen molar-refractivity contribution in [2.75, 3.05) is 7.05 Å². The van der Waals surface area contributed by atoms with Crippen LogP contribution in [0.15, 0.2) is 52.4 Å². The van der Waals surface area contributed by atoms with Crippen molar-refractivity contribution in [3.05, 3.63) is 58.5 Å². The van der Waals surface area contributed by atoms with Crippen molar-refractivity contribution >= 4 is 40.6 Å². The number of hydrogen-bond donors (Lipinski definition) is 3. The number of thioether (sulfide) groups is 1. The van der Waals surface area contributed by atoms with Gasteiger partial charge in [-0.15, -0.1) is 0 Å². The first-order valence-electron chi connectivity index (χ1n) is 7.47. The highest BCUT2D eigenvalue weighted by molar-refractivity contribution is 8.18. The van der Waals surface area contributed by atoms with Gasteiger partial charge < -0.3 is 15.3 Å². The van der Waals surface area contributed by atoms with E-state index < -0.39 is 5.97 Å². The molecular formula is C18H14N2O5S. The van der Waals surface area contributed by atoms with E-state index in [0.717, 1.165) is 17.8 Å². The van der Waals surface area contributed by atoms with Crippen LogP contribution in [0.25, 0.3) is 6.08 Å². The standard InChI is InChI=1S/C18H14N2O5S/c1-20-16(23)15(8-10-3-2-4-11(21)7-10)26-18(20)19-14-6-5-12(22)9-13(14)17(24)25/h2-9,21-22H,1H3,(H,24,25)/b15-8-,19-18?. The fraction of sp³-hybridized carbons (Fsp3) is 0.0556. The van der Waals surface area contributed by atoms with E-state index in [0.29, 0.717) is 15.6 Å². The normalized spacial score (nSPS) is 17.3. The SMILES string of the molecule is CN1C(=O)/C(=C/c2cccc(O)c2)SC1=Nc1ccc(O)cc1C(=O)O. The Labute approximate surface area is 152 Å². The van der Waals surface area contributed by atoms with Gasteiger partial charge in [0.1, 0.15) is 11.5 Å². The van der Waals surface area contributed by atoms with Gasteiger partial charge in [0.15, 0.2) is 5.17 Å². The van der Waals surface area contributed by atoms with Gasteiger partial charge in [-0.05, 0) is 53.7 Å². The lowest BCUT2D eigenvalue weighted by molar-refractivity contribution is -0.121. The van der Waals surface area contributed by atoms with Gasteiger partial charge in [0.25, 0.3) is 5.91 Å². The van der Waals surface area contributed by atoms with Crippen LogP contribution >= 0.6 is 11.8 Å². The van der Waals surface area contributed by atoms with Crippen LogP contribution in [0, 0.1) is 0 Å². The van der Waals surface area contributed by atoms with Crippen LogP contribution in [-0.2, 0) is 4.79 Å². The van der Waals surface area contributed by atoms with Gasteiger partial charge in [-0.2, -0.15) is 0 Å². The number of carbonyl (C=O) groups excluding carboxylic acids is 1. The molecule has 1 saturated heterocycles. The van der Waals surface area contributed by atoms with Crippen molar-refractivity contribution < 1.29 is 24.9 Å². The summed E-state index contributed by atoms with van der Waals surface area (Å²) in [6.07, 6.45) is 1.63. The van der Waals surface area contributed by atoms with E-state index in [-0.39, 0.29) is 28.7 Å². The number of amidine groups is 1. The van der Waals surface area contributed by atoms with E-state index in [1.54, 1.807) is 25.3 Å². The summed E-state index contributed by atoms with van der Waals surface area (Å²) >= 11 is 1.10. The number of nitrogens with zero attached hydrogens (tertiary/aromatic N) is 2. The molecule has 1 aliphatic rings. The molecule has 0 saturated carbocycles. The number of carboxylic acid groups (broad SMARTS) is 1. The lowest BCUT2D eigenvalue weighted by Gasteiger charge is -2.08. The van der Waals surface area contributed by atoms with Crippen LogP contribution in [0.4, 0.5) is 5.69 Å². The van der Waals surface area contributed by atoms with E-state index in [9.17, 15) is 24.9 Å². The number of phenols is 2. The van der Waals surface area contributed by atoms with Gasteiger partial charge in [0.05, 0.1) is 16.2 Å². The highest BCUT2D eigenvalue weighted by atomic mass is 32.2. The van der Waals surface area contributed by atoms with Crippen molar-refractivity contribution in [3.63, 3.8) is 0 Å². The monoisotopic (exact) mass is 370 g/mol. The Bertz CT molecular complexity index is 968. The van der Waals surface area contributed by atoms with Gasteiger partial charge in [-0.3, -0.25) is 9.69 Å². The van der Waals surface area contributed by atoms with Gasteiger partial charge in [-0.1, -0.05) is 12.1 Å². The molecular weight excluding hydrogens is 356 g/mol. The summed E-state index contributed by atoms with van der Waals surface area (Å²) in [6.45, 7) is 0. The summed E-state index contributed by atoms with van der Waals surface area (Å²) in [5.74, 6) is -1.60. The second kappa shape index (κ2) is 6.93. The minimum atomic E-state index is -1.23. The zero-order valence-corrected chi connectivity index (χ0v) is 14.4. The molecule has 0 aromatic heterocycles. The molecule has 8 heteroatoms. The second-order valence-electron chi connectivity index (χ2n) is 5.47. The second-order valence-corrected chi connectivity index (χ2v) is 6.48. The zero-order valence-electron chi connectivity index (χ0n) is 13.6. The maximum atomic E-state index is 12.4. The van der Waals surface area contributed by atoms with E-state index >= 15 is 0 Å². The number of benzene rings is 2. The molecule has 7 nitrogen and oxygen atoms in total. The van der Waals surface area contributed by atoms with Gasteiger partial charge in [-0.25, -0.2) is 9.79 Å². The molecule has 0 spiro atoms. The zero-order chi connectivity index (χ0) is 18.8. The van der Waals surface area contributed by atoms with Crippen LogP contribution in [0.1, 0.15) is 15.9 Å². The molecule has 1 aliphatic heterocycles. The first-order chi connectivity index (χ1) is 12.3. The molecule has 1 fully saturated rings. The third kappa shape index (κ3) is 3.55. The van der Waals surface area contributed by atoms with Crippen molar-refractivity contribution in [2.24, 2.45) is 4.99 Å². The molecule has 132 valence electrons. The number of likely N-dealkylation sites (N-methyl/N-ethyl adjacent to an activating group) is 1. The van der Waals surface area contributed by atoms with Crippen molar-refractivity contribution in [2.45, 2.75) is 0 Å². The molecule has 3 N–H and O–H groups in total. The van der Waals surface area contributed by atoms with Crippen LogP contribution in [0.3, 0.4) is 0 Å². The third-order valence-corrected chi connectivity index (χ3v) is 4.66. The predicted molar refractivity (Wildman–Crippen MR) is 98.6 cm³/mol. The molecule has 2 aromatic carbocycles. The molecule has 2 aromatic rings. The molecule has 0 aliphatic carbocycles. The largest absolute Gasteiger partial charge is 0.508 e. The third-order valence-electron chi connectivity index (χ3n) is 3.60. The lowest BCUT2D eigenvalue weighted by Crippen LogP contribution is -2.23. The Balaban J connectivity index is 1.97. The van der Waals surface area contributed by atoms with Crippen molar-refractivity contribution in [3.8, 4) is 11.5 Å². The van der Waals surface area contributed by atoms with Crippen LogP contribution in [-0.4, -0.2) is 44.3 Å². The predicted octanol–water partition coefficient (Wildman–Crippen LogP) is 3.03. The summed E-state index contributed by atoms with van der Waals surface area (Å²) in [7, 11) is 1.54. The van der Waals surface area contributed by atoms with Gasteiger partial charge in [0, 0.05) is 7.05 Å². The minimum Gasteiger partial charge on any atom is -0.508 e. The average molecular weight is 370 g/mol. The first kappa shape index (κ1) is 17.6. The Morgan fingerprint density at radius 1 is 1.15 bits per heavy atom. The van der Waals surface area contributed by atoms with Crippen molar-refractivity contribution in [1.82, 2.24) is 4.90 Å². The topological polar surface area (TPSA) is 110 Å². The maximum absolute atomic E-state index is 12.4. The van der Waals surface area contributed by atoms with E-state index in [1.165, 1.54) is 29.2 Å². The molecule has 0 atom stereocenters. The summed E-state index contributed by atoms with van der Waals surface area (Å²) in [5, 5.41) is 28.6. The van der Waals surface area contributed by atoms with E-state index in [2.05, 4.69) is 4.99 Å². The Hall–Kier alpha value is -3.26. The molecule has 1 heterocycles. The number of phenolic OH excluding ortho intramolecular Hbond substituents is 2. The fourth-order valence-electron chi connectivity index (χ4n) is 2.31. The molecule has 1 amide bonds. The number of carbonyl (C=O) groups is 2. The summed E-state index contributed by atoms with van der Waals surface area (Å²) in [6, 6.07) is 10.3. The molecule has 26 heavy (non-hydrogen) atoms. The van der Waals surface area contributed by atoms with Crippen LogP contribution < -0.4 is 0 Å². The summed E-state index contributed by atoms with van der Waals surface area (Å²) < 4.78 is 0. The highest BCUT2D eigenvalue weighted by Crippen LogP contribution is 2.34. The number of aromatic carboxylic acids is 1. The smallest absolute Gasteiger partial charge is 0.338 e. The number of carboxylic acids is 1. The number of aromatic hydroxyl groups is 2. The van der Waals surface area contributed by atoms with E-state index in [4.69, 9.17) is 0 Å². The average Bonchev–Trinajstić information content (AvgIpc) is 2.84. The first-order valence-corrected chi connectivity index (χ1v) is 8.28. The number of hydrogen-bond acceptors (Lipinski definition) is 6. The molecule has 0 radical (unpaired) electrons. The molecule has 0 bridgehead atoms. The summed E-state index contributed by atoms with van der Waals surface area (Å²) in [5.41, 5.74) is 0.631. The Morgan fingerprint density at radius 2 is 1.88 bits per heavy atom. The lowest BCUT2D eigenvalue weighted by atomic mass is 10.2. The summed E-state index contributed by atoms with van der Waals surface area (Å²) in [4.78, 5) is 29.7. The van der Waals surface area contributed by atoms with Crippen molar-refractivity contribution in [1.29, 1.82) is 0 Å². The molecule has 0 unspecified atom stereocenters. The minimum absolute atomic E-state index is 0.0900. The Kier molecular flexibility index (Phi) is 4.68. The van der Waals surface area contributed by atoms with Gasteiger partial charge >= 0.3 is 5.97 Å². The highest BCUT2D eigenvalue weighted by Gasteiger charge is 2.30. The number of aliphatic imine (C=N–C) groups is 1. The maximum Gasteiger partial charge on any atom is 0.338 e. The quantitative estimate of drug-likeness (QED) is 0.716. The van der Waals surface area contributed by atoms with Gasteiger partial charge in [0.2, 0.25) is 0 Å². The fourth-order valence-corrected chi connectivity index (χ4v) is 3.29. The molecule has 3 rings (SSSR count). The van der Waals surface area contributed by atoms with Crippen LogP contribution in [0.5, 0.6) is 11.5 Å². The number of amides is 1. The number of rotatable bonds is 3. The van der Waals surface area contributed by atoms with E-state index in [1.807, 2.05) is 0 Å².